The molecule has 0 aromatic carbocycles. The highest BCUT2D eigenvalue weighted by atomic mass is 16.2. The lowest BCUT2D eigenvalue weighted by atomic mass is 9.75. The fourth-order valence-corrected chi connectivity index (χ4v) is 4.05. The lowest BCUT2D eigenvalue weighted by molar-refractivity contribution is -0.148. The zero-order valence-corrected chi connectivity index (χ0v) is 11.5. The zero-order valence-electron chi connectivity index (χ0n) is 11.5. The number of carbonyl (C=O) groups excluding carboxylic acids is 2. The number of allylic oxidation sites excluding steroid dienone is 1. The first-order chi connectivity index (χ1) is 8.39. The van der Waals surface area contributed by atoms with Crippen LogP contribution in [0.1, 0.15) is 52.9 Å². The highest BCUT2D eigenvalue weighted by molar-refractivity contribution is 6.08. The number of nitrogens with zero attached hydrogens (tertiary/aromatic N) is 1. The normalized spacial score (nSPS) is 37.3. The maximum atomic E-state index is 12.6. The van der Waals surface area contributed by atoms with Gasteiger partial charge in [-0.2, -0.15) is 0 Å². The molecule has 0 unspecified atom stereocenters. The van der Waals surface area contributed by atoms with E-state index in [0.717, 1.165) is 37.7 Å². The Morgan fingerprint density at radius 2 is 2.11 bits per heavy atom. The third kappa shape index (κ3) is 1.20. The van der Waals surface area contributed by atoms with Gasteiger partial charge in [0.2, 0.25) is 5.91 Å². The third-order valence-corrected chi connectivity index (χ3v) is 5.71. The maximum Gasteiger partial charge on any atom is 0.256 e. The van der Waals surface area contributed by atoms with Crippen molar-refractivity contribution in [3.8, 4) is 0 Å². The van der Waals surface area contributed by atoms with Gasteiger partial charge in [-0.15, -0.1) is 0 Å². The number of fused-ring (bicyclic) bond motifs is 2. The summed E-state index contributed by atoms with van der Waals surface area (Å²) in [6, 6.07) is 0. The fourth-order valence-electron chi connectivity index (χ4n) is 4.05. The van der Waals surface area contributed by atoms with Crippen LogP contribution in [0.4, 0.5) is 0 Å². The van der Waals surface area contributed by atoms with Crippen LogP contribution in [0.15, 0.2) is 11.6 Å². The minimum Gasteiger partial charge on any atom is -0.274 e. The average Bonchev–Trinajstić information content (AvgIpc) is 2.91. The quantitative estimate of drug-likeness (QED) is 0.668. The van der Waals surface area contributed by atoms with Crippen LogP contribution >= 0.6 is 0 Å². The van der Waals surface area contributed by atoms with Gasteiger partial charge in [0.05, 0.1) is 5.54 Å². The molecule has 2 aliphatic carbocycles. The van der Waals surface area contributed by atoms with E-state index in [1.807, 2.05) is 6.08 Å². The van der Waals surface area contributed by atoms with E-state index >= 15 is 0 Å². The van der Waals surface area contributed by atoms with Crippen molar-refractivity contribution in [2.45, 2.75) is 58.4 Å². The van der Waals surface area contributed by atoms with Crippen molar-refractivity contribution in [3.63, 3.8) is 0 Å². The van der Waals surface area contributed by atoms with E-state index in [4.69, 9.17) is 0 Å². The number of amides is 2. The van der Waals surface area contributed by atoms with Gasteiger partial charge in [0.15, 0.2) is 0 Å². The summed E-state index contributed by atoms with van der Waals surface area (Å²) in [6.07, 6.45) is 6.77. The minimum atomic E-state index is -0.282. The SMILES string of the molecule is CC1(C)[C@@H]2CC[C@@]1(C)N(C(=O)C1=CCCC1)C2=O. The standard InChI is InChI=1S/C15H21NO2/c1-14(2)11-8-9-15(14,3)16(13(11)18)12(17)10-6-4-5-7-10/h6,11H,4-5,7-9H2,1-3H3/t11-,15-/m1/s1. The molecule has 1 aliphatic heterocycles. The summed E-state index contributed by atoms with van der Waals surface area (Å²) in [5.74, 6) is 0.0790. The van der Waals surface area contributed by atoms with E-state index in [0.29, 0.717) is 0 Å². The van der Waals surface area contributed by atoms with E-state index in [9.17, 15) is 9.59 Å². The fraction of sp³-hybridized carbons (Fsp3) is 0.733. The van der Waals surface area contributed by atoms with Crippen molar-refractivity contribution in [1.82, 2.24) is 4.90 Å². The molecule has 98 valence electrons. The molecule has 2 amide bonds. The molecule has 18 heavy (non-hydrogen) atoms. The number of rotatable bonds is 1. The Kier molecular flexibility index (Phi) is 2.30. The molecule has 2 bridgehead atoms. The molecule has 1 saturated carbocycles. The van der Waals surface area contributed by atoms with Crippen LogP contribution in [0.2, 0.25) is 0 Å². The second-order valence-electron chi connectivity index (χ2n) is 6.69. The molecule has 3 nitrogen and oxygen atoms in total. The van der Waals surface area contributed by atoms with Gasteiger partial charge in [-0.1, -0.05) is 19.9 Å². The van der Waals surface area contributed by atoms with Gasteiger partial charge in [-0.05, 0) is 44.4 Å². The number of likely N-dealkylation sites (tertiary alicyclic amines) is 1. The Labute approximate surface area is 108 Å². The summed E-state index contributed by atoms with van der Waals surface area (Å²) >= 11 is 0. The minimum absolute atomic E-state index is 0.0183. The van der Waals surface area contributed by atoms with Crippen LogP contribution in [-0.2, 0) is 9.59 Å². The molecular weight excluding hydrogens is 226 g/mol. The third-order valence-electron chi connectivity index (χ3n) is 5.71. The van der Waals surface area contributed by atoms with E-state index < -0.39 is 0 Å². The molecule has 0 N–H and O–H groups in total. The molecule has 0 radical (unpaired) electrons. The Morgan fingerprint density at radius 1 is 1.39 bits per heavy atom. The van der Waals surface area contributed by atoms with Crippen molar-refractivity contribution in [1.29, 1.82) is 0 Å². The molecule has 0 spiro atoms. The van der Waals surface area contributed by atoms with Crippen LogP contribution in [0.5, 0.6) is 0 Å². The van der Waals surface area contributed by atoms with Gasteiger partial charge in [-0.3, -0.25) is 14.5 Å². The summed E-state index contributed by atoms with van der Waals surface area (Å²) in [4.78, 5) is 26.6. The van der Waals surface area contributed by atoms with Gasteiger partial charge in [0.25, 0.3) is 5.91 Å². The number of piperidine rings is 1. The van der Waals surface area contributed by atoms with Gasteiger partial charge in [0.1, 0.15) is 0 Å². The average molecular weight is 247 g/mol. The van der Waals surface area contributed by atoms with Crippen molar-refractivity contribution in [2.24, 2.45) is 11.3 Å². The van der Waals surface area contributed by atoms with Crippen molar-refractivity contribution >= 4 is 11.8 Å². The molecule has 2 atom stereocenters. The van der Waals surface area contributed by atoms with Gasteiger partial charge in [-0.25, -0.2) is 0 Å². The molecule has 3 heteroatoms. The summed E-state index contributed by atoms with van der Waals surface area (Å²) in [6.45, 7) is 6.36. The van der Waals surface area contributed by atoms with Crippen LogP contribution in [0, 0.1) is 11.3 Å². The molecule has 1 saturated heterocycles. The zero-order chi connectivity index (χ0) is 13.1. The Morgan fingerprint density at radius 3 is 2.61 bits per heavy atom. The second kappa shape index (κ2) is 3.46. The Balaban J connectivity index is 1.99. The van der Waals surface area contributed by atoms with Crippen LogP contribution in [0.3, 0.4) is 0 Å². The smallest absolute Gasteiger partial charge is 0.256 e. The predicted octanol–water partition coefficient (Wildman–Crippen LogP) is 2.66. The first-order valence-electron chi connectivity index (χ1n) is 6.97. The molecule has 1 heterocycles. The number of hydrogen-bond acceptors (Lipinski definition) is 2. The van der Waals surface area contributed by atoms with Gasteiger partial charge < -0.3 is 0 Å². The van der Waals surface area contributed by atoms with Crippen LogP contribution < -0.4 is 0 Å². The first-order valence-corrected chi connectivity index (χ1v) is 6.97. The molecule has 0 aromatic heterocycles. The van der Waals surface area contributed by atoms with Crippen molar-refractivity contribution in [3.05, 3.63) is 11.6 Å². The van der Waals surface area contributed by atoms with Crippen molar-refractivity contribution < 1.29 is 9.59 Å². The largest absolute Gasteiger partial charge is 0.274 e. The molecule has 3 rings (SSSR count). The van der Waals surface area contributed by atoms with E-state index in [2.05, 4.69) is 20.8 Å². The number of hydrogen-bond donors (Lipinski definition) is 0. The molecular formula is C15H21NO2. The van der Waals surface area contributed by atoms with E-state index in [-0.39, 0.29) is 28.7 Å². The van der Waals surface area contributed by atoms with Gasteiger partial charge in [0, 0.05) is 11.5 Å². The van der Waals surface area contributed by atoms with E-state index in [1.165, 1.54) is 0 Å². The summed E-state index contributed by atoms with van der Waals surface area (Å²) in [5, 5.41) is 0. The van der Waals surface area contributed by atoms with Crippen molar-refractivity contribution in [2.75, 3.05) is 0 Å². The Hall–Kier alpha value is -1.12. The van der Waals surface area contributed by atoms with Crippen LogP contribution in [-0.4, -0.2) is 22.3 Å². The topological polar surface area (TPSA) is 37.4 Å². The van der Waals surface area contributed by atoms with E-state index in [1.54, 1.807) is 4.90 Å². The lowest BCUT2D eigenvalue weighted by Crippen LogP contribution is -2.52. The highest BCUT2D eigenvalue weighted by Crippen LogP contribution is 2.59. The molecule has 3 aliphatic rings. The van der Waals surface area contributed by atoms with Gasteiger partial charge >= 0.3 is 0 Å². The summed E-state index contributed by atoms with van der Waals surface area (Å²) in [7, 11) is 0. The highest BCUT2D eigenvalue weighted by Gasteiger charge is 2.66. The Bertz CT molecular complexity index is 463. The predicted molar refractivity (Wildman–Crippen MR) is 68.7 cm³/mol. The number of carbonyl (C=O) groups is 2. The first kappa shape index (κ1) is 11.9. The monoisotopic (exact) mass is 247 g/mol. The maximum absolute atomic E-state index is 12.6. The summed E-state index contributed by atoms with van der Waals surface area (Å²) in [5.41, 5.74) is 0.488. The molecule has 0 aromatic rings. The second-order valence-corrected chi connectivity index (χ2v) is 6.69. The number of imide groups is 1. The summed E-state index contributed by atoms with van der Waals surface area (Å²) < 4.78 is 0. The lowest BCUT2D eigenvalue weighted by Gasteiger charge is -2.40. The molecule has 2 fully saturated rings. The van der Waals surface area contributed by atoms with Crippen LogP contribution in [0.25, 0.3) is 0 Å².